The molecule has 0 aromatic carbocycles. The van der Waals surface area contributed by atoms with Crippen molar-refractivity contribution < 1.29 is 33.9 Å². The molecule has 2 aromatic heterocycles. The lowest BCUT2D eigenvalue weighted by Crippen LogP contribution is -2.71. The number of hydrogen-bond donors (Lipinski definition) is 3. The Bertz CT molecular complexity index is 1290. The standard InChI is InChI=1S/C19H17N7O7S3/c1-8(27)32-7-33-18(30)14-9(2-3-10-5-36-25-23-10)4-34-17-13(16(29)26(14)17)22-15(28)12(24-31)11-6-35-19(20)21-11/h2-3,5-6,13,17,31H,4,7H2,1H3,(H2,20,21)(H,22,28)/b3-2+,24-12-/t13?,17-/m0/s1. The molecule has 2 aliphatic rings. The number of ether oxygens (including phenoxy) is 2. The van der Waals surface area contributed by atoms with Gasteiger partial charge in [-0.3, -0.25) is 19.3 Å². The zero-order valence-corrected chi connectivity index (χ0v) is 20.8. The van der Waals surface area contributed by atoms with E-state index >= 15 is 0 Å². The van der Waals surface area contributed by atoms with Crippen LogP contribution in [0.4, 0.5) is 5.13 Å². The Morgan fingerprint density at radius 1 is 1.33 bits per heavy atom. The molecule has 2 atom stereocenters. The molecule has 1 fully saturated rings. The lowest BCUT2D eigenvalue weighted by atomic mass is 10.0. The first-order valence-electron chi connectivity index (χ1n) is 9.98. The molecule has 0 radical (unpaired) electrons. The van der Waals surface area contributed by atoms with Crippen molar-refractivity contribution in [1.82, 2.24) is 24.8 Å². The van der Waals surface area contributed by atoms with Crippen molar-refractivity contribution in [3.05, 3.63) is 39.5 Å². The molecule has 2 aliphatic heterocycles. The van der Waals surface area contributed by atoms with Gasteiger partial charge in [-0.2, -0.15) is 0 Å². The number of hydrogen-bond acceptors (Lipinski definition) is 15. The summed E-state index contributed by atoms with van der Waals surface area (Å²) in [4.78, 5) is 54.7. The maximum Gasteiger partial charge on any atom is 0.358 e. The van der Waals surface area contributed by atoms with Crippen LogP contribution in [0.3, 0.4) is 0 Å². The topological polar surface area (TPSA) is 199 Å². The third kappa shape index (κ3) is 5.21. The zero-order chi connectivity index (χ0) is 25.8. The number of carbonyl (C=O) groups is 4. The maximum absolute atomic E-state index is 13.0. The lowest BCUT2D eigenvalue weighted by molar-refractivity contribution is -0.166. The van der Waals surface area contributed by atoms with Gasteiger partial charge in [-0.25, -0.2) is 9.78 Å². The van der Waals surface area contributed by atoms with E-state index in [1.54, 1.807) is 17.5 Å². The Morgan fingerprint density at radius 3 is 2.78 bits per heavy atom. The number of thiazole rings is 1. The monoisotopic (exact) mass is 551 g/mol. The van der Waals surface area contributed by atoms with Crippen LogP contribution in [0.5, 0.6) is 0 Å². The fourth-order valence-electron chi connectivity index (χ4n) is 3.24. The van der Waals surface area contributed by atoms with E-state index in [2.05, 4.69) is 29.8 Å². The van der Waals surface area contributed by atoms with Gasteiger partial charge in [0.05, 0.1) is 5.69 Å². The zero-order valence-electron chi connectivity index (χ0n) is 18.3. The molecule has 36 heavy (non-hydrogen) atoms. The smallest absolute Gasteiger partial charge is 0.358 e. The third-order valence-electron chi connectivity index (χ3n) is 4.84. The summed E-state index contributed by atoms with van der Waals surface area (Å²) in [5, 5.41) is 21.4. The Morgan fingerprint density at radius 2 is 2.14 bits per heavy atom. The van der Waals surface area contributed by atoms with Gasteiger partial charge in [0.25, 0.3) is 11.8 Å². The van der Waals surface area contributed by atoms with Gasteiger partial charge in [-0.1, -0.05) is 15.7 Å². The number of β-lactam (4-membered cyclic amide) rings is 1. The van der Waals surface area contributed by atoms with Crippen molar-refractivity contribution in [3.8, 4) is 0 Å². The number of anilines is 1. The van der Waals surface area contributed by atoms with E-state index in [9.17, 15) is 24.4 Å². The minimum atomic E-state index is -1.01. The van der Waals surface area contributed by atoms with Crippen molar-refractivity contribution in [1.29, 1.82) is 0 Å². The van der Waals surface area contributed by atoms with Gasteiger partial charge in [0.2, 0.25) is 6.79 Å². The summed E-state index contributed by atoms with van der Waals surface area (Å²) in [5.41, 5.74) is 6.18. The molecule has 188 valence electrons. The molecule has 4 N–H and O–H groups in total. The molecule has 1 unspecified atom stereocenters. The lowest BCUT2D eigenvalue weighted by Gasteiger charge is -2.49. The van der Waals surface area contributed by atoms with Crippen LogP contribution in [-0.4, -0.2) is 78.1 Å². The van der Waals surface area contributed by atoms with E-state index < -0.39 is 47.7 Å². The second-order valence-electron chi connectivity index (χ2n) is 7.10. The first kappa shape index (κ1) is 25.3. The van der Waals surface area contributed by atoms with Gasteiger partial charge in [0, 0.05) is 23.4 Å². The van der Waals surface area contributed by atoms with E-state index in [1.807, 2.05) is 0 Å². The number of nitrogens with two attached hydrogens (primary N) is 1. The van der Waals surface area contributed by atoms with Crippen molar-refractivity contribution in [2.45, 2.75) is 18.3 Å². The molecule has 0 aliphatic carbocycles. The number of esters is 2. The molecular weight excluding hydrogens is 534 g/mol. The Kier molecular flexibility index (Phi) is 7.61. The van der Waals surface area contributed by atoms with Gasteiger partial charge in [0.15, 0.2) is 10.8 Å². The van der Waals surface area contributed by atoms with Crippen LogP contribution in [0.15, 0.2) is 33.3 Å². The van der Waals surface area contributed by atoms with E-state index in [-0.39, 0.29) is 22.3 Å². The average Bonchev–Trinajstić information content (AvgIpc) is 3.52. The van der Waals surface area contributed by atoms with Crippen LogP contribution < -0.4 is 11.1 Å². The van der Waals surface area contributed by atoms with E-state index in [0.29, 0.717) is 11.3 Å². The summed E-state index contributed by atoms with van der Waals surface area (Å²) in [6, 6.07) is -1.01. The van der Waals surface area contributed by atoms with Crippen molar-refractivity contribution in [2.75, 3.05) is 18.3 Å². The normalized spacial score (nSPS) is 19.6. The summed E-state index contributed by atoms with van der Waals surface area (Å²) in [7, 11) is 0. The van der Waals surface area contributed by atoms with Gasteiger partial charge < -0.3 is 25.7 Å². The second kappa shape index (κ2) is 10.8. The SMILES string of the molecule is CC(=O)OCOC(=O)C1=C(/C=C/c2csnn2)CS[C@H]2C(NC(=O)/C(=N\O)c3csc(N)n3)C(=O)N12. The molecule has 2 amide bonds. The number of aromatic nitrogens is 3. The Hall–Kier alpha value is -3.83. The summed E-state index contributed by atoms with van der Waals surface area (Å²) < 4.78 is 13.5. The number of amides is 2. The number of fused-ring (bicyclic) bond motifs is 1. The fourth-order valence-corrected chi connectivity index (χ4v) is 5.53. The van der Waals surface area contributed by atoms with E-state index in [0.717, 1.165) is 29.8 Å². The quantitative estimate of drug-likeness (QED) is 0.101. The second-order valence-corrected chi connectivity index (χ2v) is 9.71. The number of carbonyl (C=O) groups excluding carboxylic acids is 4. The largest absolute Gasteiger partial charge is 0.428 e. The highest BCUT2D eigenvalue weighted by atomic mass is 32.2. The van der Waals surface area contributed by atoms with Crippen LogP contribution in [0.25, 0.3) is 6.08 Å². The number of rotatable bonds is 8. The van der Waals surface area contributed by atoms with Crippen LogP contribution in [0, 0.1) is 0 Å². The van der Waals surface area contributed by atoms with Crippen LogP contribution >= 0.6 is 34.6 Å². The molecule has 0 spiro atoms. The first-order valence-corrected chi connectivity index (χ1v) is 12.7. The van der Waals surface area contributed by atoms with Crippen LogP contribution in [0.2, 0.25) is 0 Å². The van der Waals surface area contributed by atoms with Gasteiger partial charge in [0.1, 0.15) is 22.8 Å². The Balaban J connectivity index is 1.54. The highest BCUT2D eigenvalue weighted by Gasteiger charge is 2.54. The molecule has 4 heterocycles. The fraction of sp³-hybridized carbons (Fsp3) is 0.263. The molecule has 14 nitrogen and oxygen atoms in total. The number of oxime groups is 1. The summed E-state index contributed by atoms with van der Waals surface area (Å²) in [6.45, 7) is 0.532. The van der Waals surface area contributed by atoms with Crippen LogP contribution in [-0.2, 0) is 28.7 Å². The van der Waals surface area contributed by atoms with Crippen molar-refractivity contribution in [2.24, 2.45) is 5.16 Å². The highest BCUT2D eigenvalue weighted by molar-refractivity contribution is 8.00. The van der Waals surface area contributed by atoms with Crippen molar-refractivity contribution in [3.63, 3.8) is 0 Å². The number of nitrogens with one attached hydrogen (secondary N) is 1. The van der Waals surface area contributed by atoms with E-state index in [1.165, 1.54) is 22.0 Å². The molecule has 2 aromatic rings. The van der Waals surface area contributed by atoms with E-state index in [4.69, 9.17) is 10.5 Å². The summed E-state index contributed by atoms with van der Waals surface area (Å²) in [6.07, 6.45) is 3.25. The van der Waals surface area contributed by atoms with Gasteiger partial charge in [-0.15, -0.1) is 28.2 Å². The highest BCUT2D eigenvalue weighted by Crippen LogP contribution is 2.41. The maximum atomic E-state index is 13.0. The Labute approximate surface area is 215 Å². The minimum Gasteiger partial charge on any atom is -0.428 e. The number of allylic oxidation sites excluding steroid dienone is 1. The van der Waals surface area contributed by atoms with Gasteiger partial charge >= 0.3 is 11.9 Å². The van der Waals surface area contributed by atoms with Gasteiger partial charge in [-0.05, 0) is 23.2 Å². The number of thioether (sulfide) groups is 1. The summed E-state index contributed by atoms with van der Waals surface area (Å²) in [5.74, 6) is -2.67. The molecule has 0 saturated carbocycles. The van der Waals surface area contributed by atoms with Crippen molar-refractivity contribution >= 4 is 75.3 Å². The third-order valence-corrected chi connectivity index (χ3v) is 7.34. The summed E-state index contributed by atoms with van der Waals surface area (Å²) >= 11 is 3.50. The average molecular weight is 552 g/mol. The predicted molar refractivity (Wildman–Crippen MR) is 129 cm³/mol. The molecule has 0 bridgehead atoms. The number of nitrogen functional groups attached to an aromatic ring is 1. The first-order chi connectivity index (χ1) is 17.3. The predicted octanol–water partition coefficient (Wildman–Crippen LogP) is 0.186. The van der Waals surface area contributed by atoms with Crippen LogP contribution in [0.1, 0.15) is 18.3 Å². The molecular formula is C19H17N7O7S3. The molecule has 17 heteroatoms. The molecule has 1 saturated heterocycles. The number of nitrogens with zero attached hydrogens (tertiary/aromatic N) is 5. The minimum absolute atomic E-state index is 0.0517. The molecule has 4 rings (SSSR count).